The third-order valence-electron chi connectivity index (χ3n) is 3.64. The van der Waals surface area contributed by atoms with Crippen LogP contribution in [0.15, 0.2) is 30.3 Å². The first-order chi connectivity index (χ1) is 11.9. The van der Waals surface area contributed by atoms with Gasteiger partial charge in [-0.05, 0) is 5.56 Å². The molecule has 1 fully saturated rings. The van der Waals surface area contributed by atoms with Crippen LogP contribution in [0.4, 0.5) is 0 Å². The van der Waals surface area contributed by atoms with Crippen molar-refractivity contribution in [2.45, 2.75) is 49.9 Å². The van der Waals surface area contributed by atoms with E-state index in [0.29, 0.717) is 0 Å². The van der Waals surface area contributed by atoms with Crippen molar-refractivity contribution < 1.29 is 33.6 Å². The van der Waals surface area contributed by atoms with Gasteiger partial charge < -0.3 is 24.1 Å². The Bertz CT molecular complexity index is 580. The zero-order valence-corrected chi connectivity index (χ0v) is 15.5. The van der Waals surface area contributed by atoms with Gasteiger partial charge in [-0.25, -0.2) is 0 Å². The summed E-state index contributed by atoms with van der Waals surface area (Å²) in [5, 5.41) is 9.95. The van der Waals surface area contributed by atoms with Gasteiger partial charge >= 0.3 is 11.9 Å². The first-order valence-corrected chi connectivity index (χ1v) is 8.73. The molecule has 0 radical (unpaired) electrons. The van der Waals surface area contributed by atoms with E-state index in [-0.39, 0.29) is 13.2 Å². The van der Waals surface area contributed by atoms with Crippen molar-refractivity contribution in [2.24, 2.45) is 0 Å². The van der Waals surface area contributed by atoms with Crippen LogP contribution in [0.25, 0.3) is 0 Å². The van der Waals surface area contributed by atoms with Crippen LogP contribution in [0.5, 0.6) is 0 Å². The molecule has 1 aliphatic heterocycles. The van der Waals surface area contributed by atoms with Gasteiger partial charge in [0.2, 0.25) is 0 Å². The van der Waals surface area contributed by atoms with Gasteiger partial charge in [-0.1, -0.05) is 46.3 Å². The van der Waals surface area contributed by atoms with Crippen LogP contribution < -0.4 is 0 Å². The number of ether oxygens (including phenoxy) is 4. The Morgan fingerprint density at radius 1 is 1.16 bits per heavy atom. The third-order valence-corrected chi connectivity index (χ3v) is 4.38. The SMILES string of the molecule is CC(=O)OCC1O[C@H](Br)C(OCc2ccccc2)C(O)[C@@H]1OC(C)=O. The second-order valence-electron chi connectivity index (χ2n) is 5.65. The maximum Gasteiger partial charge on any atom is 0.303 e. The molecule has 0 aliphatic carbocycles. The molecule has 1 aliphatic rings. The lowest BCUT2D eigenvalue weighted by Gasteiger charge is -2.41. The summed E-state index contributed by atoms with van der Waals surface area (Å²) in [5.74, 6) is -1.07. The van der Waals surface area contributed by atoms with E-state index in [2.05, 4.69) is 15.9 Å². The molecule has 8 heteroatoms. The third kappa shape index (κ3) is 5.78. The summed E-state index contributed by atoms with van der Waals surface area (Å²) >= 11 is 3.32. The number of benzene rings is 1. The van der Waals surface area contributed by atoms with Crippen molar-refractivity contribution in [3.63, 3.8) is 0 Å². The van der Waals surface area contributed by atoms with Gasteiger partial charge in [-0.2, -0.15) is 0 Å². The van der Waals surface area contributed by atoms with E-state index in [4.69, 9.17) is 18.9 Å². The molecule has 0 amide bonds. The number of halogens is 1. The van der Waals surface area contributed by atoms with E-state index in [0.717, 1.165) is 5.56 Å². The molecule has 5 atom stereocenters. The molecule has 1 aromatic carbocycles. The van der Waals surface area contributed by atoms with Crippen LogP contribution in [0.3, 0.4) is 0 Å². The molecule has 25 heavy (non-hydrogen) atoms. The normalized spacial score (nSPS) is 29.0. The average Bonchev–Trinajstić information content (AvgIpc) is 2.56. The van der Waals surface area contributed by atoms with Gasteiger partial charge in [0.15, 0.2) is 6.10 Å². The Labute approximate surface area is 154 Å². The van der Waals surface area contributed by atoms with Crippen molar-refractivity contribution >= 4 is 27.9 Å². The van der Waals surface area contributed by atoms with Gasteiger partial charge in [0, 0.05) is 13.8 Å². The highest BCUT2D eigenvalue weighted by Gasteiger charge is 2.47. The summed E-state index contributed by atoms with van der Waals surface area (Å²) in [6.45, 7) is 2.61. The van der Waals surface area contributed by atoms with Crippen molar-refractivity contribution in [3.8, 4) is 0 Å². The molecule has 1 heterocycles. The Kier molecular flexibility index (Phi) is 7.37. The molecule has 1 N–H and O–H groups in total. The zero-order chi connectivity index (χ0) is 18.4. The van der Waals surface area contributed by atoms with E-state index in [1.165, 1.54) is 13.8 Å². The largest absolute Gasteiger partial charge is 0.463 e. The fourth-order valence-corrected chi connectivity index (χ4v) is 3.24. The molecule has 2 rings (SSSR count). The number of rotatable bonds is 6. The van der Waals surface area contributed by atoms with Crippen molar-refractivity contribution in [1.29, 1.82) is 0 Å². The smallest absolute Gasteiger partial charge is 0.303 e. The molecule has 1 aromatic rings. The van der Waals surface area contributed by atoms with Crippen LogP contribution in [0, 0.1) is 0 Å². The standard InChI is InChI=1S/C17H21BrO7/c1-10(19)22-9-13-15(24-11(2)20)14(21)16(17(18)25-13)23-8-12-6-4-3-5-7-12/h3-7,13-17,21H,8-9H2,1-2H3/t13?,14?,15-,16?,17+/m1/s1. The quantitative estimate of drug-likeness (QED) is 0.555. The Morgan fingerprint density at radius 3 is 2.44 bits per heavy atom. The summed E-state index contributed by atoms with van der Waals surface area (Å²) < 4.78 is 21.6. The van der Waals surface area contributed by atoms with E-state index >= 15 is 0 Å². The van der Waals surface area contributed by atoms with Crippen LogP contribution in [-0.4, -0.2) is 53.1 Å². The molecular weight excluding hydrogens is 396 g/mol. The average molecular weight is 417 g/mol. The number of esters is 2. The number of carbonyl (C=O) groups excluding carboxylic acids is 2. The van der Waals surface area contributed by atoms with E-state index < -0.39 is 41.4 Å². The zero-order valence-electron chi connectivity index (χ0n) is 14.0. The van der Waals surface area contributed by atoms with Gasteiger partial charge in [0.25, 0.3) is 0 Å². The van der Waals surface area contributed by atoms with Gasteiger partial charge in [-0.15, -0.1) is 0 Å². The Balaban J connectivity index is 2.06. The Morgan fingerprint density at radius 2 is 1.84 bits per heavy atom. The monoisotopic (exact) mass is 416 g/mol. The minimum absolute atomic E-state index is 0.141. The fraction of sp³-hybridized carbons (Fsp3) is 0.529. The van der Waals surface area contributed by atoms with Gasteiger partial charge in [0.05, 0.1) is 6.61 Å². The number of alkyl halides is 1. The fourth-order valence-electron chi connectivity index (χ4n) is 2.50. The topological polar surface area (TPSA) is 91.3 Å². The summed E-state index contributed by atoms with van der Waals surface area (Å²) in [5.41, 5.74) is 0.931. The van der Waals surface area contributed by atoms with Crippen molar-refractivity contribution in [1.82, 2.24) is 0 Å². The second kappa shape index (κ2) is 9.28. The molecule has 3 unspecified atom stereocenters. The van der Waals surface area contributed by atoms with E-state index in [1.807, 2.05) is 30.3 Å². The van der Waals surface area contributed by atoms with Gasteiger partial charge in [-0.3, -0.25) is 9.59 Å². The maximum atomic E-state index is 11.4. The lowest BCUT2D eigenvalue weighted by molar-refractivity contribution is -0.232. The highest BCUT2D eigenvalue weighted by molar-refractivity contribution is 9.09. The van der Waals surface area contributed by atoms with E-state index in [9.17, 15) is 14.7 Å². The maximum absolute atomic E-state index is 11.4. The lowest BCUT2D eigenvalue weighted by atomic mass is 10.00. The summed E-state index contributed by atoms with van der Waals surface area (Å²) in [4.78, 5) is 22.4. The molecule has 0 saturated carbocycles. The van der Waals surface area contributed by atoms with Crippen LogP contribution in [0.2, 0.25) is 0 Å². The number of hydrogen-bond donors (Lipinski definition) is 1. The number of aliphatic hydroxyl groups excluding tert-OH is 1. The number of aliphatic hydroxyl groups is 1. The minimum atomic E-state index is -1.15. The first kappa shape index (κ1) is 19.8. The van der Waals surface area contributed by atoms with E-state index in [1.54, 1.807) is 0 Å². The summed E-state index contributed by atoms with van der Waals surface area (Å²) in [7, 11) is 0. The Hall–Kier alpha value is -1.48. The van der Waals surface area contributed by atoms with Crippen molar-refractivity contribution in [2.75, 3.05) is 6.61 Å². The predicted octanol–water partition coefficient (Wildman–Crippen LogP) is 1.55. The molecule has 0 spiro atoms. The number of carbonyl (C=O) groups is 2. The molecular formula is C17H21BrO7. The first-order valence-electron chi connectivity index (χ1n) is 7.82. The molecule has 138 valence electrons. The second-order valence-corrected chi connectivity index (χ2v) is 6.56. The molecule has 0 bridgehead atoms. The van der Waals surface area contributed by atoms with Crippen LogP contribution in [0.1, 0.15) is 19.4 Å². The highest BCUT2D eigenvalue weighted by atomic mass is 79.9. The van der Waals surface area contributed by atoms with Crippen molar-refractivity contribution in [3.05, 3.63) is 35.9 Å². The molecule has 7 nitrogen and oxygen atoms in total. The van der Waals surface area contributed by atoms with Crippen LogP contribution in [-0.2, 0) is 35.1 Å². The minimum Gasteiger partial charge on any atom is -0.463 e. The van der Waals surface area contributed by atoms with Crippen LogP contribution >= 0.6 is 15.9 Å². The number of hydrogen-bond acceptors (Lipinski definition) is 7. The lowest BCUT2D eigenvalue weighted by Crippen LogP contribution is -2.59. The summed E-state index contributed by atoms with van der Waals surface area (Å²) in [6.07, 6.45) is -3.72. The molecule has 1 saturated heterocycles. The highest BCUT2D eigenvalue weighted by Crippen LogP contribution is 2.30. The predicted molar refractivity (Wildman–Crippen MR) is 90.8 cm³/mol. The summed E-state index contributed by atoms with van der Waals surface area (Å²) in [6, 6.07) is 9.45. The molecule has 0 aromatic heterocycles. The van der Waals surface area contributed by atoms with Gasteiger partial charge in [0.1, 0.15) is 29.9 Å².